The average Bonchev–Trinajstić information content (AvgIpc) is 3.27. The zero-order valence-electron chi connectivity index (χ0n) is 21.9. The Morgan fingerprint density at radius 2 is 2.29 bits per heavy atom. The molecule has 0 aliphatic carbocycles. The molecule has 0 amide bonds. The third-order valence-corrected chi connectivity index (χ3v) is 5.15. The van der Waals surface area contributed by atoms with E-state index in [0.717, 1.165) is 11.0 Å². The summed E-state index contributed by atoms with van der Waals surface area (Å²) in [6.07, 6.45) is 1.13. The average molecular weight is 446 g/mol. The van der Waals surface area contributed by atoms with Crippen molar-refractivity contribution >= 4 is 39.7 Å². The number of anilines is 2. The van der Waals surface area contributed by atoms with E-state index < -0.39 is 35.7 Å². The summed E-state index contributed by atoms with van der Waals surface area (Å²) in [6, 6.07) is 6.77. The van der Waals surface area contributed by atoms with E-state index in [1.165, 1.54) is 30.6 Å². The van der Waals surface area contributed by atoms with Crippen LogP contribution in [0, 0.1) is 33.2 Å². The monoisotopic (exact) mass is 445 g/mol. The highest BCUT2D eigenvalue weighted by molar-refractivity contribution is 6.31. The van der Waals surface area contributed by atoms with Gasteiger partial charge in [0.2, 0.25) is 0 Å². The van der Waals surface area contributed by atoms with Crippen molar-refractivity contribution in [2.75, 3.05) is 25.4 Å². The minimum absolute atomic E-state index is 0.00122. The second-order valence-corrected chi connectivity index (χ2v) is 7.50. The van der Waals surface area contributed by atoms with Gasteiger partial charge in [-0.3, -0.25) is 10.1 Å². The maximum Gasteiger partial charge on any atom is 0.285 e. The summed E-state index contributed by atoms with van der Waals surface area (Å²) in [7, 11) is 0. The van der Waals surface area contributed by atoms with Crippen LogP contribution in [0.25, 0.3) is 10.9 Å². The second-order valence-electron chi connectivity index (χ2n) is 7.10. The summed E-state index contributed by atoms with van der Waals surface area (Å²) in [5.74, 6) is 4.61. The molecule has 31 heavy (non-hydrogen) atoms. The van der Waals surface area contributed by atoms with Crippen molar-refractivity contribution in [1.29, 1.82) is 0 Å². The van der Waals surface area contributed by atoms with Crippen LogP contribution in [0.2, 0.25) is 5.02 Å². The molecule has 0 saturated carbocycles. The topological polar surface area (TPSA) is 84.2 Å². The van der Waals surface area contributed by atoms with Gasteiger partial charge in [-0.1, -0.05) is 29.5 Å². The highest BCUT2D eigenvalue weighted by Crippen LogP contribution is 2.32. The van der Waals surface area contributed by atoms with E-state index in [1.54, 1.807) is 0 Å². The number of nitro benzene ring substituents is 1. The first kappa shape index (κ1) is 14.7. The third kappa shape index (κ3) is 4.29. The first-order valence-corrected chi connectivity index (χ1v) is 9.52. The van der Waals surface area contributed by atoms with E-state index in [4.69, 9.17) is 19.8 Å². The maximum absolute atomic E-state index is 14.4. The van der Waals surface area contributed by atoms with Gasteiger partial charge in [-0.15, -0.1) is 0 Å². The number of fused-ring (bicyclic) bond motifs is 1. The fourth-order valence-electron chi connectivity index (χ4n) is 3.27. The standard InChI is InChI=1S/C22H19ClFN5O2/c1-22(8-9-28(2)12-22)7-6-14-10-18-15(11-19(14)29(30)31)21(26-13-25-18)27-17-5-3-4-16(23)20(17)24/h3-5,10-11,13H,8-9,12H2,1-2H3,(H,25,26,27)/i1D3,2D3. The molecule has 3 aromatic rings. The summed E-state index contributed by atoms with van der Waals surface area (Å²) in [6.45, 7) is -5.47. The van der Waals surface area contributed by atoms with Gasteiger partial charge in [0, 0.05) is 31.6 Å². The van der Waals surface area contributed by atoms with E-state index in [0.29, 0.717) is 0 Å². The van der Waals surface area contributed by atoms with Gasteiger partial charge >= 0.3 is 0 Å². The number of hydrogen-bond acceptors (Lipinski definition) is 6. The molecule has 2 heterocycles. The van der Waals surface area contributed by atoms with Gasteiger partial charge in [0.25, 0.3) is 5.69 Å². The van der Waals surface area contributed by atoms with Gasteiger partial charge in [-0.05, 0) is 45.0 Å². The van der Waals surface area contributed by atoms with Crippen molar-refractivity contribution < 1.29 is 17.5 Å². The van der Waals surface area contributed by atoms with Crippen LogP contribution >= 0.6 is 11.6 Å². The molecule has 1 unspecified atom stereocenters. The van der Waals surface area contributed by atoms with E-state index in [1.807, 2.05) is 0 Å². The molecule has 1 saturated heterocycles. The van der Waals surface area contributed by atoms with Crippen molar-refractivity contribution in [1.82, 2.24) is 14.9 Å². The maximum atomic E-state index is 14.4. The molecule has 2 aromatic carbocycles. The lowest BCUT2D eigenvalue weighted by molar-refractivity contribution is -0.385. The van der Waals surface area contributed by atoms with Gasteiger partial charge in [-0.2, -0.15) is 0 Å². The smallest absolute Gasteiger partial charge is 0.285 e. The number of aromatic nitrogens is 2. The number of nitro groups is 1. The Morgan fingerprint density at radius 3 is 3.03 bits per heavy atom. The predicted molar refractivity (Wildman–Crippen MR) is 118 cm³/mol. The second kappa shape index (κ2) is 8.10. The SMILES string of the molecule is [2H]C([2H])([2H])N1CCC(C#Cc2cc3ncnc(Nc4cccc(Cl)c4F)c3cc2[N+](=O)[O-])(C([2H])([2H])[2H])C1. The van der Waals surface area contributed by atoms with Gasteiger partial charge < -0.3 is 10.2 Å². The summed E-state index contributed by atoms with van der Waals surface area (Å²) in [5.41, 5.74) is -2.01. The molecular formula is C22H19ClFN5O2. The lowest BCUT2D eigenvalue weighted by Gasteiger charge is -2.15. The Hall–Kier alpha value is -3.28. The molecule has 4 rings (SSSR count). The summed E-state index contributed by atoms with van der Waals surface area (Å²) >= 11 is 5.83. The predicted octanol–water partition coefficient (Wildman–Crippen LogP) is 4.77. The van der Waals surface area contributed by atoms with Gasteiger partial charge in [0.05, 0.1) is 21.2 Å². The van der Waals surface area contributed by atoms with Crippen molar-refractivity contribution in [3.8, 4) is 11.8 Å². The van der Waals surface area contributed by atoms with Crippen molar-refractivity contribution in [3.63, 3.8) is 0 Å². The molecule has 1 aliphatic heterocycles. The largest absolute Gasteiger partial charge is 0.337 e. The van der Waals surface area contributed by atoms with E-state index in [-0.39, 0.29) is 52.5 Å². The van der Waals surface area contributed by atoms with E-state index in [2.05, 4.69) is 27.1 Å². The van der Waals surface area contributed by atoms with Crippen LogP contribution in [-0.4, -0.2) is 39.9 Å². The molecule has 0 bridgehead atoms. The fourth-order valence-corrected chi connectivity index (χ4v) is 3.44. The van der Waals surface area contributed by atoms with Crippen molar-refractivity contribution in [2.24, 2.45) is 5.41 Å². The number of nitrogens with zero attached hydrogens (tertiary/aromatic N) is 4. The van der Waals surface area contributed by atoms with Crippen LogP contribution in [0.3, 0.4) is 0 Å². The molecule has 0 radical (unpaired) electrons. The molecule has 7 nitrogen and oxygen atoms in total. The minimum atomic E-state index is -2.63. The fraction of sp³-hybridized carbons (Fsp3) is 0.273. The summed E-state index contributed by atoms with van der Waals surface area (Å²) in [4.78, 5) is 20.4. The lowest BCUT2D eigenvalue weighted by atomic mass is 9.90. The Labute approximate surface area is 191 Å². The van der Waals surface area contributed by atoms with Gasteiger partial charge in [0.1, 0.15) is 17.7 Å². The van der Waals surface area contributed by atoms with Crippen LogP contribution in [-0.2, 0) is 0 Å². The molecule has 1 aliphatic rings. The zero-order chi connectivity index (χ0) is 27.2. The van der Waals surface area contributed by atoms with Gasteiger partial charge in [-0.25, -0.2) is 14.4 Å². The number of rotatable bonds is 3. The molecular weight excluding hydrogens is 421 g/mol. The Balaban J connectivity index is 1.80. The number of halogens is 2. The Morgan fingerprint density at radius 1 is 1.42 bits per heavy atom. The van der Waals surface area contributed by atoms with Crippen LogP contribution in [0.4, 0.5) is 21.6 Å². The molecule has 1 aromatic heterocycles. The number of nitrogens with one attached hydrogen (secondary N) is 1. The van der Waals surface area contributed by atoms with E-state index >= 15 is 0 Å². The highest BCUT2D eigenvalue weighted by atomic mass is 35.5. The zero-order valence-corrected chi connectivity index (χ0v) is 16.7. The molecule has 1 N–H and O–H groups in total. The molecule has 1 atom stereocenters. The molecule has 158 valence electrons. The van der Waals surface area contributed by atoms with Crippen LogP contribution in [0.15, 0.2) is 36.7 Å². The number of likely N-dealkylation sites (tertiary alicyclic amines) is 1. The van der Waals surface area contributed by atoms with Crippen LogP contribution in [0.5, 0.6) is 0 Å². The Kier molecular flexibility index (Phi) is 3.83. The van der Waals surface area contributed by atoms with Crippen LogP contribution in [0.1, 0.15) is 27.1 Å². The normalized spacial score (nSPS) is 22.3. The Bertz CT molecular complexity index is 1460. The van der Waals surface area contributed by atoms with Crippen LogP contribution < -0.4 is 5.32 Å². The highest BCUT2D eigenvalue weighted by Gasteiger charge is 2.30. The van der Waals surface area contributed by atoms with Gasteiger partial charge in [0.15, 0.2) is 5.82 Å². The first-order chi connectivity index (χ1) is 17.2. The number of hydrogen-bond donors (Lipinski definition) is 1. The molecule has 9 heteroatoms. The molecule has 1 fully saturated rings. The molecule has 0 spiro atoms. The van der Waals surface area contributed by atoms with Crippen molar-refractivity contribution in [2.45, 2.75) is 13.3 Å². The summed E-state index contributed by atoms with van der Waals surface area (Å²) in [5, 5.41) is 14.7. The van der Waals surface area contributed by atoms with Crippen molar-refractivity contribution in [3.05, 3.63) is 63.2 Å². The third-order valence-electron chi connectivity index (χ3n) is 4.86. The van der Waals surface area contributed by atoms with E-state index in [9.17, 15) is 14.5 Å². The first-order valence-electron chi connectivity index (χ1n) is 12.1. The lowest BCUT2D eigenvalue weighted by Crippen LogP contribution is -2.20. The quantitative estimate of drug-likeness (QED) is 0.355. The number of benzene rings is 2. The summed E-state index contributed by atoms with van der Waals surface area (Å²) < 4.78 is 61.2. The minimum Gasteiger partial charge on any atom is -0.337 e.